The smallest absolute Gasteiger partial charge is 0.253 e. The normalized spacial score (nSPS) is 12.5. The minimum atomic E-state index is -1.80. The molecule has 2 N–H and O–H groups in total. The zero-order chi connectivity index (χ0) is 20.3. The summed E-state index contributed by atoms with van der Waals surface area (Å²) in [4.78, 5) is 12.6. The predicted octanol–water partition coefficient (Wildman–Crippen LogP) is 5.36. The lowest BCUT2D eigenvalue weighted by Gasteiger charge is -2.26. The van der Waals surface area contributed by atoms with Gasteiger partial charge in [-0.3, -0.25) is 4.79 Å². The van der Waals surface area contributed by atoms with Crippen molar-refractivity contribution in [2.45, 2.75) is 23.8 Å². The van der Waals surface area contributed by atoms with Crippen LogP contribution in [0.25, 0.3) is 10.6 Å². The van der Waals surface area contributed by atoms with E-state index in [0.29, 0.717) is 10.7 Å². The summed E-state index contributed by atoms with van der Waals surface area (Å²) in [5.41, 5.74) is 3.41. The number of rotatable bonds is 5. The molecule has 0 spiro atoms. The topological polar surface area (TPSA) is 66.9 Å². The third kappa shape index (κ3) is 5.14. The van der Waals surface area contributed by atoms with E-state index in [4.69, 9.17) is 34.8 Å². The predicted molar refractivity (Wildman–Crippen MR) is 116 cm³/mol. The summed E-state index contributed by atoms with van der Waals surface area (Å²) in [5, 5.41) is 15.1. The van der Waals surface area contributed by atoms with Gasteiger partial charge in [-0.2, -0.15) is 0 Å². The number of hydrogen-bond donors (Lipinski definition) is 2. The molecule has 2 aromatic carbocycles. The number of aromatic nitrogens is 2. The molecule has 3 aromatic rings. The van der Waals surface area contributed by atoms with Crippen molar-refractivity contribution < 1.29 is 4.79 Å². The summed E-state index contributed by atoms with van der Waals surface area (Å²) in [6.45, 7) is 3.85. The van der Waals surface area contributed by atoms with Crippen LogP contribution in [0, 0.1) is 13.8 Å². The van der Waals surface area contributed by atoms with Gasteiger partial charge in [0.15, 0.2) is 0 Å². The molecule has 0 fully saturated rings. The van der Waals surface area contributed by atoms with E-state index in [2.05, 4.69) is 20.8 Å². The number of hydrogen-bond acceptors (Lipinski definition) is 5. The van der Waals surface area contributed by atoms with E-state index in [1.807, 2.05) is 50.2 Å². The first-order chi connectivity index (χ1) is 13.2. The van der Waals surface area contributed by atoms with Crippen LogP contribution in [-0.4, -0.2) is 26.1 Å². The van der Waals surface area contributed by atoms with Crippen LogP contribution in [0.1, 0.15) is 21.5 Å². The molecule has 0 radical (unpaired) electrons. The number of amides is 1. The second-order valence-electron chi connectivity index (χ2n) is 6.19. The fraction of sp³-hybridized carbons (Fsp3) is 0.211. The molecule has 1 unspecified atom stereocenters. The highest BCUT2D eigenvalue weighted by Gasteiger charge is 2.35. The molecule has 0 saturated heterocycles. The monoisotopic (exact) mass is 454 g/mol. The molecule has 28 heavy (non-hydrogen) atoms. The fourth-order valence-electron chi connectivity index (χ4n) is 2.45. The second-order valence-corrected chi connectivity index (χ2v) is 9.53. The summed E-state index contributed by atoms with van der Waals surface area (Å²) < 4.78 is -1.80. The standard InChI is InChI=1S/C19H17Cl3N4OS/c1-11-7-9-13(10-8-11)16-25-26-18(28-16)24-17(19(20,21)22)23-15(27)14-6-4-3-5-12(14)2/h3-10,17H,1-2H3,(H,23,27)(H,24,26). The number of benzene rings is 2. The van der Waals surface area contributed by atoms with Gasteiger partial charge in [-0.1, -0.05) is 94.2 Å². The minimum Gasteiger partial charge on any atom is -0.336 e. The number of carbonyl (C=O) groups excluding carboxylic acids is 1. The highest BCUT2D eigenvalue weighted by atomic mass is 35.6. The van der Waals surface area contributed by atoms with Gasteiger partial charge in [0.25, 0.3) is 5.91 Å². The maximum Gasteiger partial charge on any atom is 0.253 e. The van der Waals surface area contributed by atoms with Gasteiger partial charge in [0.05, 0.1) is 0 Å². The maximum atomic E-state index is 12.6. The van der Waals surface area contributed by atoms with E-state index in [9.17, 15) is 4.79 Å². The second kappa shape index (κ2) is 8.66. The van der Waals surface area contributed by atoms with Crippen LogP contribution in [0.15, 0.2) is 48.5 Å². The van der Waals surface area contributed by atoms with Crippen LogP contribution in [0.4, 0.5) is 5.13 Å². The van der Waals surface area contributed by atoms with Gasteiger partial charge in [-0.25, -0.2) is 0 Å². The highest BCUT2D eigenvalue weighted by Crippen LogP contribution is 2.33. The molecule has 1 aromatic heterocycles. The SMILES string of the molecule is Cc1ccc(-c2nnc(NC(NC(=O)c3ccccc3C)C(Cl)(Cl)Cl)s2)cc1. The first-order valence-electron chi connectivity index (χ1n) is 8.34. The van der Waals surface area contributed by atoms with Gasteiger partial charge in [-0.15, -0.1) is 10.2 Å². The first-order valence-corrected chi connectivity index (χ1v) is 10.3. The zero-order valence-electron chi connectivity index (χ0n) is 15.0. The lowest BCUT2D eigenvalue weighted by atomic mass is 10.1. The molecular formula is C19H17Cl3N4OS. The van der Waals surface area contributed by atoms with Gasteiger partial charge >= 0.3 is 0 Å². The number of anilines is 1. The van der Waals surface area contributed by atoms with Crippen LogP contribution in [0.2, 0.25) is 0 Å². The highest BCUT2D eigenvalue weighted by molar-refractivity contribution is 7.18. The number of carbonyl (C=O) groups is 1. The molecule has 5 nitrogen and oxygen atoms in total. The Morgan fingerprint density at radius 3 is 2.36 bits per heavy atom. The number of nitrogens with zero attached hydrogens (tertiary/aromatic N) is 2. The van der Waals surface area contributed by atoms with Crippen molar-refractivity contribution in [1.82, 2.24) is 15.5 Å². The minimum absolute atomic E-state index is 0.356. The Kier molecular flexibility index (Phi) is 6.45. The summed E-state index contributed by atoms with van der Waals surface area (Å²) in [6.07, 6.45) is -0.997. The maximum absolute atomic E-state index is 12.6. The summed E-state index contributed by atoms with van der Waals surface area (Å²) in [6, 6.07) is 15.1. The molecule has 3 rings (SSSR count). The molecule has 9 heteroatoms. The Morgan fingerprint density at radius 2 is 1.71 bits per heavy atom. The van der Waals surface area contributed by atoms with Crippen molar-refractivity contribution >= 4 is 57.2 Å². The largest absolute Gasteiger partial charge is 0.336 e. The molecule has 1 heterocycles. The Morgan fingerprint density at radius 1 is 1.04 bits per heavy atom. The van der Waals surface area contributed by atoms with Gasteiger partial charge in [-0.05, 0) is 25.5 Å². The van der Waals surface area contributed by atoms with Crippen molar-refractivity contribution in [2.75, 3.05) is 5.32 Å². The number of aryl methyl sites for hydroxylation is 2. The molecular weight excluding hydrogens is 439 g/mol. The molecule has 1 atom stereocenters. The van der Waals surface area contributed by atoms with E-state index in [1.54, 1.807) is 12.1 Å². The molecule has 0 aliphatic heterocycles. The third-order valence-corrected chi connectivity index (χ3v) is 5.54. The van der Waals surface area contributed by atoms with Crippen molar-refractivity contribution in [1.29, 1.82) is 0 Å². The van der Waals surface area contributed by atoms with E-state index >= 15 is 0 Å². The number of halogens is 3. The summed E-state index contributed by atoms with van der Waals surface area (Å²) in [5.74, 6) is -0.356. The van der Waals surface area contributed by atoms with Crippen molar-refractivity contribution in [3.8, 4) is 10.6 Å². The van der Waals surface area contributed by atoms with Gasteiger partial charge < -0.3 is 10.6 Å². The average molecular weight is 456 g/mol. The zero-order valence-corrected chi connectivity index (χ0v) is 18.1. The Bertz CT molecular complexity index is 970. The summed E-state index contributed by atoms with van der Waals surface area (Å²) in [7, 11) is 0. The van der Waals surface area contributed by atoms with Gasteiger partial charge in [0, 0.05) is 11.1 Å². The van der Waals surface area contributed by atoms with Crippen LogP contribution < -0.4 is 10.6 Å². The number of alkyl halides is 3. The first kappa shape index (κ1) is 20.9. The molecule has 146 valence electrons. The number of nitrogens with one attached hydrogen (secondary N) is 2. The molecule has 0 aliphatic carbocycles. The average Bonchev–Trinajstić information content (AvgIpc) is 3.10. The van der Waals surface area contributed by atoms with Gasteiger partial charge in [0.2, 0.25) is 8.92 Å². The summed E-state index contributed by atoms with van der Waals surface area (Å²) >= 11 is 19.5. The van der Waals surface area contributed by atoms with Crippen LogP contribution in [0.3, 0.4) is 0 Å². The quantitative estimate of drug-likeness (QED) is 0.401. The van der Waals surface area contributed by atoms with Crippen molar-refractivity contribution in [3.05, 3.63) is 65.2 Å². The Labute approximate surface area is 182 Å². The molecule has 1 amide bonds. The Balaban J connectivity index is 1.77. The van der Waals surface area contributed by atoms with Gasteiger partial charge in [0.1, 0.15) is 11.2 Å². The van der Waals surface area contributed by atoms with Crippen molar-refractivity contribution in [3.63, 3.8) is 0 Å². The van der Waals surface area contributed by atoms with E-state index < -0.39 is 9.96 Å². The van der Waals surface area contributed by atoms with Crippen LogP contribution in [-0.2, 0) is 0 Å². The van der Waals surface area contributed by atoms with E-state index in [1.165, 1.54) is 11.3 Å². The third-order valence-electron chi connectivity index (χ3n) is 3.98. The fourth-order valence-corrected chi connectivity index (χ4v) is 3.56. The molecule has 0 bridgehead atoms. The van der Waals surface area contributed by atoms with Crippen LogP contribution >= 0.6 is 46.1 Å². The van der Waals surface area contributed by atoms with Crippen LogP contribution in [0.5, 0.6) is 0 Å². The lowest BCUT2D eigenvalue weighted by Crippen LogP contribution is -2.49. The van der Waals surface area contributed by atoms with E-state index in [-0.39, 0.29) is 5.91 Å². The van der Waals surface area contributed by atoms with E-state index in [0.717, 1.165) is 21.7 Å². The van der Waals surface area contributed by atoms with Crippen molar-refractivity contribution in [2.24, 2.45) is 0 Å². The molecule has 0 saturated carbocycles. The Hall–Kier alpha value is -1.86. The lowest BCUT2D eigenvalue weighted by molar-refractivity contribution is 0.0941. The molecule has 0 aliphatic rings.